The minimum atomic E-state index is -1.12. The Hall–Kier alpha value is -1.14. The van der Waals surface area contributed by atoms with Crippen molar-refractivity contribution in [1.82, 2.24) is 5.48 Å². The molecular formula is C9H16N2O4. The smallest absolute Gasteiger partial charge is 0.332 e. The summed E-state index contributed by atoms with van der Waals surface area (Å²) in [5.41, 5.74) is 7.16. The molecule has 1 aliphatic rings. The molecule has 0 aromatic carbocycles. The van der Waals surface area contributed by atoms with Gasteiger partial charge in [-0.25, -0.2) is 10.3 Å². The fourth-order valence-electron chi connectivity index (χ4n) is 1.85. The zero-order chi connectivity index (χ0) is 11.3. The van der Waals surface area contributed by atoms with Gasteiger partial charge in [-0.2, -0.15) is 0 Å². The monoisotopic (exact) mass is 216 g/mol. The molecule has 0 heterocycles. The average molecular weight is 216 g/mol. The maximum absolute atomic E-state index is 11.7. The maximum atomic E-state index is 11.7. The summed E-state index contributed by atoms with van der Waals surface area (Å²) >= 11 is 0. The van der Waals surface area contributed by atoms with Gasteiger partial charge in [-0.1, -0.05) is 12.8 Å². The predicted molar refractivity (Wildman–Crippen MR) is 51.7 cm³/mol. The summed E-state index contributed by atoms with van der Waals surface area (Å²) < 4.78 is 0. The van der Waals surface area contributed by atoms with Gasteiger partial charge in [0.05, 0.1) is 5.41 Å². The van der Waals surface area contributed by atoms with E-state index in [2.05, 4.69) is 10.3 Å². The molecule has 0 bridgehead atoms. The van der Waals surface area contributed by atoms with Crippen LogP contribution >= 0.6 is 0 Å². The zero-order valence-electron chi connectivity index (χ0n) is 8.49. The number of nitrogens with one attached hydrogen (secondary N) is 1. The summed E-state index contributed by atoms with van der Waals surface area (Å²) in [7, 11) is 0. The molecule has 0 saturated heterocycles. The molecule has 0 atom stereocenters. The Morgan fingerprint density at radius 1 is 1.40 bits per heavy atom. The summed E-state index contributed by atoms with van der Waals surface area (Å²) in [6, 6.07) is 0. The number of amides is 1. The first-order valence-electron chi connectivity index (χ1n) is 4.95. The van der Waals surface area contributed by atoms with Gasteiger partial charge in [0, 0.05) is 6.54 Å². The van der Waals surface area contributed by atoms with Crippen LogP contribution in [0.25, 0.3) is 0 Å². The van der Waals surface area contributed by atoms with E-state index in [4.69, 9.17) is 10.8 Å². The Labute approximate surface area is 87.7 Å². The normalized spacial score (nSPS) is 18.7. The van der Waals surface area contributed by atoms with Crippen LogP contribution in [-0.2, 0) is 14.4 Å². The van der Waals surface area contributed by atoms with Crippen molar-refractivity contribution >= 4 is 11.9 Å². The highest BCUT2D eigenvalue weighted by molar-refractivity contribution is 5.82. The zero-order valence-corrected chi connectivity index (χ0v) is 8.49. The molecule has 1 rings (SSSR count). The molecule has 0 aromatic heterocycles. The first-order valence-corrected chi connectivity index (χ1v) is 4.95. The molecular weight excluding hydrogens is 200 g/mol. The van der Waals surface area contributed by atoms with E-state index in [1.54, 1.807) is 0 Å². The molecule has 6 heteroatoms. The van der Waals surface area contributed by atoms with E-state index in [1.807, 2.05) is 0 Å². The van der Waals surface area contributed by atoms with Crippen molar-refractivity contribution in [2.75, 3.05) is 13.2 Å². The van der Waals surface area contributed by atoms with Gasteiger partial charge in [-0.05, 0) is 12.8 Å². The molecule has 0 aliphatic heterocycles. The number of hydroxylamine groups is 1. The van der Waals surface area contributed by atoms with Crippen molar-refractivity contribution in [1.29, 1.82) is 0 Å². The minimum Gasteiger partial charge on any atom is -0.479 e. The standard InChI is InChI=1S/C9H16N2O4/c10-6-9(3-1-2-4-9)8(14)11-15-5-7(12)13/h1-6,10H2,(H,11,14)(H,12,13). The molecule has 4 N–H and O–H groups in total. The van der Waals surface area contributed by atoms with Crippen LogP contribution < -0.4 is 11.2 Å². The molecule has 15 heavy (non-hydrogen) atoms. The van der Waals surface area contributed by atoms with Gasteiger partial charge in [0.2, 0.25) is 0 Å². The largest absolute Gasteiger partial charge is 0.479 e. The highest BCUT2D eigenvalue weighted by Crippen LogP contribution is 2.37. The molecule has 1 aliphatic carbocycles. The molecule has 0 spiro atoms. The van der Waals surface area contributed by atoms with E-state index in [-0.39, 0.29) is 12.5 Å². The number of aliphatic carboxylic acids is 1. The second-order valence-corrected chi connectivity index (χ2v) is 3.81. The Kier molecular flexibility index (Phi) is 4.05. The lowest BCUT2D eigenvalue weighted by atomic mass is 9.86. The average Bonchev–Trinajstić information content (AvgIpc) is 2.66. The van der Waals surface area contributed by atoms with Gasteiger partial charge in [0.1, 0.15) is 0 Å². The predicted octanol–water partition coefficient (Wildman–Crippen LogP) is -0.362. The van der Waals surface area contributed by atoms with Crippen LogP contribution in [0, 0.1) is 5.41 Å². The van der Waals surface area contributed by atoms with Crippen molar-refractivity contribution in [3.63, 3.8) is 0 Å². The van der Waals surface area contributed by atoms with Crippen LogP contribution in [0.1, 0.15) is 25.7 Å². The van der Waals surface area contributed by atoms with E-state index in [1.165, 1.54) is 0 Å². The fourth-order valence-corrected chi connectivity index (χ4v) is 1.85. The highest BCUT2D eigenvalue weighted by atomic mass is 16.7. The van der Waals surface area contributed by atoms with Gasteiger partial charge in [-0.3, -0.25) is 9.63 Å². The van der Waals surface area contributed by atoms with Gasteiger partial charge >= 0.3 is 5.97 Å². The lowest BCUT2D eigenvalue weighted by molar-refractivity contribution is -0.153. The van der Waals surface area contributed by atoms with Gasteiger partial charge in [0.25, 0.3) is 5.91 Å². The second-order valence-electron chi connectivity index (χ2n) is 3.81. The Balaban J connectivity index is 2.40. The third-order valence-corrected chi connectivity index (χ3v) is 2.79. The van der Waals surface area contributed by atoms with Crippen molar-refractivity contribution < 1.29 is 19.5 Å². The summed E-state index contributed by atoms with van der Waals surface area (Å²) in [5.74, 6) is -1.42. The molecule has 0 radical (unpaired) electrons. The van der Waals surface area contributed by atoms with Gasteiger partial charge < -0.3 is 10.8 Å². The third-order valence-electron chi connectivity index (χ3n) is 2.79. The number of carboxylic acid groups (broad SMARTS) is 1. The lowest BCUT2D eigenvalue weighted by Crippen LogP contribution is -2.44. The van der Waals surface area contributed by atoms with E-state index in [0.29, 0.717) is 0 Å². The van der Waals surface area contributed by atoms with Crippen molar-refractivity contribution in [3.8, 4) is 0 Å². The number of hydrogen-bond acceptors (Lipinski definition) is 4. The number of carbonyl (C=O) groups excluding carboxylic acids is 1. The van der Waals surface area contributed by atoms with Crippen LogP contribution in [0.2, 0.25) is 0 Å². The van der Waals surface area contributed by atoms with Crippen LogP contribution in [-0.4, -0.2) is 30.1 Å². The molecule has 0 aromatic rings. The SMILES string of the molecule is NCC1(C(=O)NOCC(=O)O)CCCC1. The van der Waals surface area contributed by atoms with Crippen LogP contribution in [0.15, 0.2) is 0 Å². The highest BCUT2D eigenvalue weighted by Gasteiger charge is 2.40. The van der Waals surface area contributed by atoms with E-state index >= 15 is 0 Å². The third kappa shape index (κ3) is 2.90. The Morgan fingerprint density at radius 3 is 2.47 bits per heavy atom. The Bertz CT molecular complexity index is 248. The first-order chi connectivity index (χ1) is 7.10. The molecule has 0 unspecified atom stereocenters. The number of nitrogens with two attached hydrogens (primary N) is 1. The van der Waals surface area contributed by atoms with Crippen LogP contribution in [0.4, 0.5) is 0 Å². The number of carbonyl (C=O) groups is 2. The quantitative estimate of drug-likeness (QED) is 0.544. The van der Waals surface area contributed by atoms with E-state index in [9.17, 15) is 9.59 Å². The first kappa shape index (κ1) is 11.9. The van der Waals surface area contributed by atoms with Crippen molar-refractivity contribution in [2.45, 2.75) is 25.7 Å². The minimum absolute atomic E-state index is 0.273. The van der Waals surface area contributed by atoms with Crippen molar-refractivity contribution in [3.05, 3.63) is 0 Å². The van der Waals surface area contributed by atoms with Crippen LogP contribution in [0.5, 0.6) is 0 Å². The lowest BCUT2D eigenvalue weighted by Gasteiger charge is -2.24. The Morgan fingerprint density at radius 2 is 2.00 bits per heavy atom. The van der Waals surface area contributed by atoms with Crippen LogP contribution in [0.3, 0.4) is 0 Å². The number of carboxylic acids is 1. The summed E-state index contributed by atoms with van der Waals surface area (Å²) in [6.45, 7) is -0.262. The molecule has 1 saturated carbocycles. The van der Waals surface area contributed by atoms with E-state index in [0.717, 1.165) is 25.7 Å². The summed E-state index contributed by atoms with van der Waals surface area (Å²) in [4.78, 5) is 26.4. The second kappa shape index (κ2) is 5.09. The molecule has 86 valence electrons. The summed E-state index contributed by atoms with van der Waals surface area (Å²) in [5, 5.41) is 8.31. The molecule has 1 amide bonds. The fraction of sp³-hybridized carbons (Fsp3) is 0.778. The molecule has 1 fully saturated rings. The molecule has 6 nitrogen and oxygen atoms in total. The van der Waals surface area contributed by atoms with Gasteiger partial charge in [-0.15, -0.1) is 0 Å². The van der Waals surface area contributed by atoms with Gasteiger partial charge in [0.15, 0.2) is 6.61 Å². The summed E-state index contributed by atoms with van der Waals surface area (Å²) in [6.07, 6.45) is 3.44. The number of hydrogen-bond donors (Lipinski definition) is 3. The van der Waals surface area contributed by atoms with Crippen molar-refractivity contribution in [2.24, 2.45) is 11.1 Å². The van der Waals surface area contributed by atoms with E-state index < -0.39 is 18.0 Å². The maximum Gasteiger partial charge on any atom is 0.332 e. The number of rotatable bonds is 5. The topological polar surface area (TPSA) is 102 Å².